The summed E-state index contributed by atoms with van der Waals surface area (Å²) in [6, 6.07) is 0. The SMILES string of the molecule is CCCCCCCCCCCCCCCCCCCCCCCC(=O)O[C@H](COC(=O)CCCCCCCCCCCCCCCCCCCC)COP(=O)(O)OC[C@@H](O)COP(=O)(O)OC[C@@H](COC(=O)CCCCCCCCCCCC(C)C)OC(=O)CCCCCCCCCCCCCCC. The van der Waals surface area contributed by atoms with Gasteiger partial charge in [-0.25, -0.2) is 9.13 Å². The Labute approximate surface area is 638 Å². The van der Waals surface area contributed by atoms with Crippen LogP contribution in [-0.4, -0.2) is 96.7 Å². The van der Waals surface area contributed by atoms with Crippen molar-refractivity contribution in [1.82, 2.24) is 0 Å². The van der Waals surface area contributed by atoms with Gasteiger partial charge in [-0.2, -0.15) is 0 Å². The van der Waals surface area contributed by atoms with Crippen LogP contribution in [0, 0.1) is 5.92 Å². The zero-order valence-electron chi connectivity index (χ0n) is 68.2. The van der Waals surface area contributed by atoms with E-state index in [1.807, 2.05) is 0 Å². The molecule has 0 saturated heterocycles. The summed E-state index contributed by atoms with van der Waals surface area (Å²) in [6.45, 7) is 7.34. The molecular formula is C85H166O17P2. The third kappa shape index (κ3) is 78.2. The Morgan fingerprint density at radius 2 is 0.442 bits per heavy atom. The Bertz CT molecular complexity index is 1980. The van der Waals surface area contributed by atoms with Crippen molar-refractivity contribution in [2.45, 2.75) is 477 Å². The lowest BCUT2D eigenvalue weighted by atomic mass is 10.0. The van der Waals surface area contributed by atoms with Crippen molar-refractivity contribution in [1.29, 1.82) is 0 Å². The smallest absolute Gasteiger partial charge is 0.462 e. The normalized spacial score (nSPS) is 13.8. The van der Waals surface area contributed by atoms with Crippen LogP contribution in [0.4, 0.5) is 0 Å². The maximum Gasteiger partial charge on any atom is 0.472 e. The van der Waals surface area contributed by atoms with Gasteiger partial charge >= 0.3 is 39.5 Å². The lowest BCUT2D eigenvalue weighted by Gasteiger charge is -2.21. The first-order valence-corrected chi connectivity index (χ1v) is 47.1. The van der Waals surface area contributed by atoms with E-state index in [2.05, 4.69) is 34.6 Å². The summed E-state index contributed by atoms with van der Waals surface area (Å²) in [6.07, 6.45) is 70.8. The van der Waals surface area contributed by atoms with Gasteiger partial charge in [0.25, 0.3) is 0 Å². The molecule has 0 aromatic rings. The van der Waals surface area contributed by atoms with Crippen LogP contribution in [0.5, 0.6) is 0 Å². The predicted molar refractivity (Wildman–Crippen MR) is 428 cm³/mol. The lowest BCUT2D eigenvalue weighted by molar-refractivity contribution is -0.161. The first-order chi connectivity index (χ1) is 50.5. The van der Waals surface area contributed by atoms with E-state index in [-0.39, 0.29) is 25.7 Å². The van der Waals surface area contributed by atoms with E-state index in [9.17, 15) is 43.2 Å². The molecule has 104 heavy (non-hydrogen) atoms. The van der Waals surface area contributed by atoms with E-state index < -0.39 is 97.5 Å². The zero-order valence-corrected chi connectivity index (χ0v) is 70.0. The molecule has 0 aromatic heterocycles. The van der Waals surface area contributed by atoms with Gasteiger partial charge in [-0.3, -0.25) is 37.3 Å². The number of aliphatic hydroxyl groups is 1. The Morgan fingerprint density at radius 1 is 0.260 bits per heavy atom. The second kappa shape index (κ2) is 77.8. The number of ether oxygens (including phenoxy) is 4. The standard InChI is InChI=1S/C85H166O17P2/c1-6-9-12-15-18-21-24-27-29-31-33-34-35-37-39-42-45-50-56-61-66-71-85(90)101-80(74-95-82(87)68-63-58-53-48-43-41-38-36-32-30-28-25-22-19-16-13-10-7-2)76-99-103(91,92)97-72-79(86)73-98-104(93,94)100-77-81(75-96-83(88)69-64-59-54-51-46-47-52-57-62-67-78(4)5)102-84(89)70-65-60-55-49-44-40-26-23-20-17-14-11-8-3/h78-81,86H,6-77H2,1-5H3,(H,91,92)(H,93,94)/t79-,80-,81-/m1/s1. The van der Waals surface area contributed by atoms with Gasteiger partial charge in [-0.15, -0.1) is 0 Å². The number of phosphoric ester groups is 2. The molecular weight excluding hydrogens is 1350 g/mol. The molecule has 0 saturated carbocycles. The summed E-state index contributed by atoms with van der Waals surface area (Å²) in [5.41, 5.74) is 0. The molecule has 19 heteroatoms. The molecule has 618 valence electrons. The summed E-state index contributed by atoms with van der Waals surface area (Å²) >= 11 is 0. The maximum atomic E-state index is 13.1. The summed E-state index contributed by atoms with van der Waals surface area (Å²) in [7, 11) is -9.92. The Balaban J connectivity index is 5.23. The fourth-order valence-corrected chi connectivity index (χ4v) is 14.9. The number of carbonyl (C=O) groups excluding carboxylic acids is 4. The highest BCUT2D eigenvalue weighted by molar-refractivity contribution is 7.47. The van der Waals surface area contributed by atoms with Crippen molar-refractivity contribution >= 4 is 39.5 Å². The average molecular weight is 1520 g/mol. The van der Waals surface area contributed by atoms with Crippen LogP contribution in [-0.2, 0) is 65.4 Å². The summed E-state index contributed by atoms with van der Waals surface area (Å²) < 4.78 is 68.9. The van der Waals surface area contributed by atoms with E-state index in [4.69, 9.17) is 37.0 Å². The van der Waals surface area contributed by atoms with Crippen molar-refractivity contribution in [3.8, 4) is 0 Å². The first kappa shape index (κ1) is 102. The highest BCUT2D eigenvalue weighted by atomic mass is 31.2. The topological polar surface area (TPSA) is 237 Å². The van der Waals surface area contributed by atoms with Gasteiger partial charge in [-0.1, -0.05) is 407 Å². The molecule has 2 unspecified atom stereocenters. The van der Waals surface area contributed by atoms with Crippen LogP contribution in [0.15, 0.2) is 0 Å². The van der Waals surface area contributed by atoms with Gasteiger partial charge in [0.1, 0.15) is 19.3 Å². The number of carbonyl (C=O) groups is 4. The van der Waals surface area contributed by atoms with Crippen molar-refractivity contribution in [3.63, 3.8) is 0 Å². The van der Waals surface area contributed by atoms with Crippen molar-refractivity contribution in [2.24, 2.45) is 5.92 Å². The molecule has 0 heterocycles. The number of rotatable bonds is 85. The molecule has 0 bridgehead atoms. The minimum atomic E-state index is -4.96. The van der Waals surface area contributed by atoms with Gasteiger partial charge in [0, 0.05) is 25.7 Å². The van der Waals surface area contributed by atoms with E-state index in [1.165, 1.54) is 283 Å². The fraction of sp³-hybridized carbons (Fsp3) is 0.953. The van der Waals surface area contributed by atoms with E-state index in [0.717, 1.165) is 95.8 Å². The second-order valence-corrected chi connectivity index (χ2v) is 34.0. The molecule has 0 rings (SSSR count). The number of aliphatic hydroxyl groups excluding tert-OH is 1. The summed E-state index contributed by atoms with van der Waals surface area (Å²) in [5.74, 6) is -1.36. The van der Waals surface area contributed by atoms with E-state index in [0.29, 0.717) is 25.7 Å². The minimum absolute atomic E-state index is 0.108. The average Bonchev–Trinajstić information content (AvgIpc) is 0.922. The Kier molecular flexibility index (Phi) is 76.3. The molecule has 0 aliphatic rings. The van der Waals surface area contributed by atoms with E-state index in [1.54, 1.807) is 0 Å². The molecule has 0 fully saturated rings. The van der Waals surface area contributed by atoms with Crippen LogP contribution in [0.25, 0.3) is 0 Å². The number of unbranched alkanes of at least 4 members (excludes halogenated alkanes) is 57. The third-order valence-corrected chi connectivity index (χ3v) is 21.9. The van der Waals surface area contributed by atoms with Gasteiger partial charge in [0.2, 0.25) is 0 Å². The molecule has 0 amide bonds. The van der Waals surface area contributed by atoms with Crippen molar-refractivity contribution < 1.29 is 80.2 Å². The molecule has 0 aliphatic carbocycles. The number of hydrogen-bond acceptors (Lipinski definition) is 15. The molecule has 0 aliphatic heterocycles. The lowest BCUT2D eigenvalue weighted by Crippen LogP contribution is -2.30. The molecule has 0 spiro atoms. The van der Waals surface area contributed by atoms with Crippen LogP contribution in [0.3, 0.4) is 0 Å². The molecule has 0 aromatic carbocycles. The first-order valence-electron chi connectivity index (χ1n) is 44.1. The molecule has 17 nitrogen and oxygen atoms in total. The van der Waals surface area contributed by atoms with Crippen molar-refractivity contribution in [2.75, 3.05) is 39.6 Å². The van der Waals surface area contributed by atoms with Gasteiger partial charge in [-0.05, 0) is 31.6 Å². The van der Waals surface area contributed by atoms with Crippen molar-refractivity contribution in [3.05, 3.63) is 0 Å². The molecule has 5 atom stereocenters. The largest absolute Gasteiger partial charge is 0.472 e. The predicted octanol–water partition coefficient (Wildman–Crippen LogP) is 26.0. The van der Waals surface area contributed by atoms with E-state index >= 15 is 0 Å². The summed E-state index contributed by atoms with van der Waals surface area (Å²) in [4.78, 5) is 73.2. The van der Waals surface area contributed by atoms with Gasteiger partial charge in [0.15, 0.2) is 12.2 Å². The Morgan fingerprint density at radius 3 is 0.654 bits per heavy atom. The van der Waals surface area contributed by atoms with Crippen LogP contribution in [0.2, 0.25) is 0 Å². The third-order valence-electron chi connectivity index (χ3n) is 20.0. The van der Waals surface area contributed by atoms with Crippen LogP contribution >= 0.6 is 15.6 Å². The number of phosphoric acid groups is 2. The van der Waals surface area contributed by atoms with Crippen LogP contribution in [0.1, 0.15) is 458 Å². The number of esters is 4. The summed E-state index contributed by atoms with van der Waals surface area (Å²) in [5, 5.41) is 10.7. The molecule has 0 radical (unpaired) electrons. The Hall–Kier alpha value is -1.94. The van der Waals surface area contributed by atoms with Gasteiger partial charge in [0.05, 0.1) is 26.4 Å². The highest BCUT2D eigenvalue weighted by Crippen LogP contribution is 2.45. The second-order valence-electron chi connectivity index (χ2n) is 31.1. The zero-order chi connectivity index (χ0) is 76.2. The number of hydrogen-bond donors (Lipinski definition) is 3. The minimum Gasteiger partial charge on any atom is -0.462 e. The monoisotopic (exact) mass is 1520 g/mol. The fourth-order valence-electron chi connectivity index (χ4n) is 13.3. The van der Waals surface area contributed by atoms with Crippen LogP contribution < -0.4 is 0 Å². The van der Waals surface area contributed by atoms with Gasteiger partial charge < -0.3 is 33.8 Å². The maximum absolute atomic E-state index is 13.1. The highest BCUT2D eigenvalue weighted by Gasteiger charge is 2.30. The quantitative estimate of drug-likeness (QED) is 0.0222. The molecule has 3 N–H and O–H groups in total.